The van der Waals surface area contributed by atoms with Crippen molar-refractivity contribution in [3.8, 4) is 0 Å². The van der Waals surface area contributed by atoms with E-state index in [1.54, 1.807) is 0 Å². The highest BCUT2D eigenvalue weighted by atomic mass is 35.5. The normalized spacial score (nSPS) is 11.7. The smallest absolute Gasteiger partial charge is 0.270 e. The van der Waals surface area contributed by atoms with Crippen LogP contribution in [0.1, 0.15) is 22.1 Å². The molecule has 0 aliphatic carbocycles. The van der Waals surface area contributed by atoms with Crippen LogP contribution < -0.4 is 11.1 Å². The van der Waals surface area contributed by atoms with Crippen molar-refractivity contribution in [3.63, 3.8) is 0 Å². The van der Waals surface area contributed by atoms with Crippen LogP contribution in [0.15, 0.2) is 42.6 Å². The quantitative estimate of drug-likeness (QED) is 0.903. The highest BCUT2D eigenvalue weighted by Crippen LogP contribution is 2.15. The molecule has 1 heterocycles. The van der Waals surface area contributed by atoms with Crippen LogP contribution in [-0.2, 0) is 4.79 Å². The van der Waals surface area contributed by atoms with E-state index >= 15 is 0 Å². The number of aromatic nitrogens is 1. The highest BCUT2D eigenvalue weighted by molar-refractivity contribution is 6.30. The summed E-state index contributed by atoms with van der Waals surface area (Å²) in [6.07, 6.45) is 1.37. The second-order valence-corrected chi connectivity index (χ2v) is 4.66. The predicted molar refractivity (Wildman–Crippen MR) is 75.0 cm³/mol. The first-order valence-electron chi connectivity index (χ1n) is 5.94. The van der Waals surface area contributed by atoms with Crippen molar-refractivity contribution in [1.82, 2.24) is 10.3 Å². The Labute approximate surface area is 124 Å². The van der Waals surface area contributed by atoms with Crippen molar-refractivity contribution >= 4 is 23.4 Å². The standard InChI is InChI=1S/C14H11ClFN3O2/c15-9-5-6-18-11(7-9)14(21)19-12(13(17)20)8-1-3-10(16)4-2-8/h1-7,12H,(H2,17,20)(H,19,21). The van der Waals surface area contributed by atoms with Gasteiger partial charge in [0.25, 0.3) is 5.91 Å². The summed E-state index contributed by atoms with van der Waals surface area (Å²) in [6.45, 7) is 0. The van der Waals surface area contributed by atoms with Crippen molar-refractivity contribution in [2.75, 3.05) is 0 Å². The van der Waals surface area contributed by atoms with Gasteiger partial charge >= 0.3 is 0 Å². The average Bonchev–Trinajstić information content (AvgIpc) is 2.45. The van der Waals surface area contributed by atoms with Crippen molar-refractivity contribution in [2.24, 2.45) is 5.73 Å². The Balaban J connectivity index is 2.22. The first kappa shape index (κ1) is 14.9. The van der Waals surface area contributed by atoms with Gasteiger partial charge in [-0.2, -0.15) is 0 Å². The number of nitrogens with zero attached hydrogens (tertiary/aromatic N) is 1. The van der Waals surface area contributed by atoms with Crippen molar-refractivity contribution in [3.05, 3.63) is 64.7 Å². The zero-order valence-electron chi connectivity index (χ0n) is 10.7. The van der Waals surface area contributed by atoms with E-state index in [-0.39, 0.29) is 5.69 Å². The number of hydrogen-bond donors (Lipinski definition) is 2. The topological polar surface area (TPSA) is 85.1 Å². The van der Waals surface area contributed by atoms with Crippen LogP contribution in [0.3, 0.4) is 0 Å². The van der Waals surface area contributed by atoms with Crippen LogP contribution in [0.5, 0.6) is 0 Å². The molecule has 2 aromatic rings. The van der Waals surface area contributed by atoms with Crippen LogP contribution in [0, 0.1) is 5.82 Å². The molecule has 0 saturated carbocycles. The van der Waals surface area contributed by atoms with Gasteiger partial charge in [0.05, 0.1) is 0 Å². The Kier molecular flexibility index (Phi) is 4.49. The van der Waals surface area contributed by atoms with Gasteiger partial charge < -0.3 is 11.1 Å². The molecule has 21 heavy (non-hydrogen) atoms. The van der Waals surface area contributed by atoms with E-state index in [1.165, 1.54) is 42.6 Å². The lowest BCUT2D eigenvalue weighted by Crippen LogP contribution is -2.37. The third kappa shape index (κ3) is 3.76. The number of primary amides is 1. The van der Waals surface area contributed by atoms with Crippen LogP contribution >= 0.6 is 11.6 Å². The zero-order chi connectivity index (χ0) is 15.4. The lowest BCUT2D eigenvalue weighted by atomic mass is 10.1. The monoisotopic (exact) mass is 307 g/mol. The largest absolute Gasteiger partial charge is 0.368 e. The highest BCUT2D eigenvalue weighted by Gasteiger charge is 2.21. The summed E-state index contributed by atoms with van der Waals surface area (Å²) < 4.78 is 12.9. The molecule has 0 spiro atoms. The number of halogens is 2. The number of benzene rings is 1. The minimum absolute atomic E-state index is 0.0517. The van der Waals surface area contributed by atoms with Crippen LogP contribution in [0.25, 0.3) is 0 Å². The first-order chi connectivity index (χ1) is 9.97. The molecule has 1 unspecified atom stereocenters. The molecule has 0 bridgehead atoms. The van der Waals surface area contributed by atoms with Gasteiger partial charge in [0.1, 0.15) is 17.6 Å². The van der Waals surface area contributed by atoms with Gasteiger partial charge in [0, 0.05) is 11.2 Å². The summed E-state index contributed by atoms with van der Waals surface area (Å²) >= 11 is 5.77. The number of amides is 2. The van der Waals surface area contributed by atoms with Crippen molar-refractivity contribution in [1.29, 1.82) is 0 Å². The molecule has 108 valence electrons. The molecule has 0 radical (unpaired) electrons. The SMILES string of the molecule is NC(=O)C(NC(=O)c1cc(Cl)ccn1)c1ccc(F)cc1. The molecular weight excluding hydrogens is 297 g/mol. The van der Waals surface area contributed by atoms with Crippen molar-refractivity contribution < 1.29 is 14.0 Å². The number of rotatable bonds is 4. The second kappa shape index (κ2) is 6.32. The number of hydrogen-bond acceptors (Lipinski definition) is 3. The summed E-state index contributed by atoms with van der Waals surface area (Å²) in [4.78, 5) is 27.4. The Morgan fingerprint density at radius 2 is 1.90 bits per heavy atom. The van der Waals surface area contributed by atoms with Gasteiger partial charge in [-0.1, -0.05) is 23.7 Å². The first-order valence-corrected chi connectivity index (χ1v) is 6.32. The molecule has 7 heteroatoms. The van der Waals surface area contributed by atoms with Crippen LogP contribution in [-0.4, -0.2) is 16.8 Å². The van der Waals surface area contributed by atoms with E-state index in [0.717, 1.165) is 0 Å². The molecule has 1 aromatic heterocycles. The second-order valence-electron chi connectivity index (χ2n) is 4.22. The Hall–Kier alpha value is -2.47. The van der Waals surface area contributed by atoms with E-state index in [4.69, 9.17) is 17.3 Å². The van der Waals surface area contributed by atoms with E-state index in [0.29, 0.717) is 10.6 Å². The molecule has 0 aliphatic heterocycles. The van der Waals surface area contributed by atoms with Gasteiger partial charge in [-0.15, -0.1) is 0 Å². The van der Waals surface area contributed by atoms with Crippen LogP contribution in [0.2, 0.25) is 5.02 Å². The molecule has 5 nitrogen and oxygen atoms in total. The summed E-state index contributed by atoms with van der Waals surface area (Å²) in [6, 6.07) is 6.89. The molecule has 2 rings (SSSR count). The molecule has 2 amide bonds. The maximum atomic E-state index is 12.9. The summed E-state index contributed by atoms with van der Waals surface area (Å²) in [7, 11) is 0. The number of carbonyl (C=O) groups excluding carboxylic acids is 2. The lowest BCUT2D eigenvalue weighted by Gasteiger charge is -2.15. The average molecular weight is 308 g/mol. The maximum Gasteiger partial charge on any atom is 0.270 e. The molecule has 0 saturated heterocycles. The Morgan fingerprint density at radius 3 is 2.48 bits per heavy atom. The van der Waals surface area contributed by atoms with Gasteiger partial charge in [-0.05, 0) is 29.8 Å². The summed E-state index contributed by atoms with van der Waals surface area (Å²) in [5.41, 5.74) is 5.70. The summed E-state index contributed by atoms with van der Waals surface area (Å²) in [5.74, 6) is -1.83. The number of pyridine rings is 1. The number of carbonyl (C=O) groups is 2. The molecule has 1 aromatic carbocycles. The number of nitrogens with one attached hydrogen (secondary N) is 1. The summed E-state index contributed by atoms with van der Waals surface area (Å²) in [5, 5.41) is 2.78. The molecule has 0 fully saturated rings. The molecule has 0 aliphatic rings. The minimum atomic E-state index is -1.08. The van der Waals surface area contributed by atoms with Gasteiger partial charge in [0.2, 0.25) is 5.91 Å². The molecular formula is C14H11ClFN3O2. The fourth-order valence-electron chi connectivity index (χ4n) is 1.71. The van der Waals surface area contributed by atoms with E-state index in [2.05, 4.69) is 10.3 Å². The fourth-order valence-corrected chi connectivity index (χ4v) is 1.87. The fraction of sp³-hybridized carbons (Fsp3) is 0.0714. The van der Waals surface area contributed by atoms with Gasteiger partial charge in [-0.25, -0.2) is 4.39 Å². The van der Waals surface area contributed by atoms with Gasteiger partial charge in [0.15, 0.2) is 0 Å². The predicted octanol–water partition coefficient (Wildman–Crippen LogP) is 1.83. The third-order valence-corrected chi connectivity index (χ3v) is 2.95. The molecule has 1 atom stereocenters. The van der Waals surface area contributed by atoms with E-state index in [1.807, 2.05) is 0 Å². The maximum absolute atomic E-state index is 12.9. The number of nitrogens with two attached hydrogens (primary N) is 1. The zero-order valence-corrected chi connectivity index (χ0v) is 11.5. The van der Waals surface area contributed by atoms with Gasteiger partial charge in [-0.3, -0.25) is 14.6 Å². The molecule has 3 N–H and O–H groups in total. The Bertz CT molecular complexity index is 676. The lowest BCUT2D eigenvalue weighted by molar-refractivity contribution is -0.120. The Morgan fingerprint density at radius 1 is 1.24 bits per heavy atom. The van der Waals surface area contributed by atoms with Crippen molar-refractivity contribution in [2.45, 2.75) is 6.04 Å². The third-order valence-electron chi connectivity index (χ3n) is 2.72. The van der Waals surface area contributed by atoms with Crippen LogP contribution in [0.4, 0.5) is 4.39 Å². The van der Waals surface area contributed by atoms with E-state index < -0.39 is 23.7 Å². The van der Waals surface area contributed by atoms with E-state index in [9.17, 15) is 14.0 Å². The minimum Gasteiger partial charge on any atom is -0.368 e.